The molecule has 5 rings (SSSR count). The molecule has 0 bridgehead atoms. The molecule has 2 heterocycles. The summed E-state index contributed by atoms with van der Waals surface area (Å²) < 4.78 is 41.8. The zero-order chi connectivity index (χ0) is 20.9. The summed E-state index contributed by atoms with van der Waals surface area (Å²) in [6.07, 6.45) is 5.58. The zero-order valence-electron chi connectivity index (χ0n) is 16.1. The average Bonchev–Trinajstić information content (AvgIpc) is 3.39. The van der Waals surface area contributed by atoms with Crippen LogP contribution in [-0.2, 0) is 14.8 Å². The van der Waals surface area contributed by atoms with Gasteiger partial charge in [-0.2, -0.15) is 0 Å². The molecule has 2 fully saturated rings. The molecule has 0 saturated heterocycles. The molecular formula is C21H21FN4O3S. The van der Waals surface area contributed by atoms with Crippen LogP contribution in [-0.4, -0.2) is 29.5 Å². The van der Waals surface area contributed by atoms with E-state index in [9.17, 15) is 17.6 Å². The van der Waals surface area contributed by atoms with E-state index in [0.29, 0.717) is 35.4 Å². The van der Waals surface area contributed by atoms with E-state index in [1.165, 1.54) is 12.1 Å². The normalized spacial score (nSPS) is 17.0. The Hall–Kier alpha value is -2.94. The maximum absolute atomic E-state index is 14.8. The number of aromatic nitrogens is 2. The number of nitrogens with one attached hydrogen (secondary N) is 3. The van der Waals surface area contributed by atoms with Gasteiger partial charge in [0, 0.05) is 17.5 Å². The average molecular weight is 428 g/mol. The van der Waals surface area contributed by atoms with Gasteiger partial charge in [-0.15, -0.1) is 0 Å². The first-order valence-electron chi connectivity index (χ1n) is 10.0. The number of anilines is 2. The maximum atomic E-state index is 14.8. The van der Waals surface area contributed by atoms with Crippen LogP contribution in [0, 0.1) is 11.7 Å². The Morgan fingerprint density at radius 3 is 2.60 bits per heavy atom. The molecule has 3 N–H and O–H groups in total. The van der Waals surface area contributed by atoms with Gasteiger partial charge in [-0.3, -0.25) is 9.52 Å². The first-order valence-corrected chi connectivity index (χ1v) is 11.6. The second-order valence-electron chi connectivity index (χ2n) is 7.95. The largest absolute Gasteiger partial charge is 0.346 e. The molecule has 0 radical (unpaired) electrons. The minimum Gasteiger partial charge on any atom is -0.346 e. The second-order valence-corrected chi connectivity index (χ2v) is 9.91. The lowest BCUT2D eigenvalue weighted by Crippen LogP contribution is -2.33. The first kappa shape index (κ1) is 19.0. The van der Waals surface area contributed by atoms with E-state index in [2.05, 4.69) is 20.0 Å². The van der Waals surface area contributed by atoms with Crippen molar-refractivity contribution >= 4 is 38.5 Å². The fraction of sp³-hybridized carbons (Fsp3) is 0.333. The highest BCUT2D eigenvalue weighted by atomic mass is 32.2. The third-order valence-corrected chi connectivity index (χ3v) is 7.60. The van der Waals surface area contributed by atoms with E-state index in [-0.39, 0.29) is 17.5 Å². The molecule has 156 valence electrons. The number of nitrogens with zero attached hydrogens (tertiary/aromatic N) is 1. The molecule has 0 spiro atoms. The number of H-pyrrole nitrogens is 1. The lowest BCUT2D eigenvalue weighted by atomic mass is 10.0. The summed E-state index contributed by atoms with van der Waals surface area (Å²) in [6, 6.07) is 7.93. The molecule has 1 amide bonds. The van der Waals surface area contributed by atoms with Crippen LogP contribution in [0.2, 0.25) is 0 Å². The SMILES string of the molecule is O=C(Nc1cc(-c2ccc(NS(=O)(=O)C3CCC3)c(F)c2)c2cc[nH]c2n1)C1CC1. The highest BCUT2D eigenvalue weighted by molar-refractivity contribution is 7.93. The van der Waals surface area contributed by atoms with Gasteiger partial charge in [0.15, 0.2) is 0 Å². The number of hydrogen-bond acceptors (Lipinski definition) is 4. The van der Waals surface area contributed by atoms with Gasteiger partial charge in [0.05, 0.1) is 10.9 Å². The summed E-state index contributed by atoms with van der Waals surface area (Å²) in [6.45, 7) is 0. The Bertz CT molecular complexity index is 1250. The van der Waals surface area contributed by atoms with Gasteiger partial charge in [-0.1, -0.05) is 12.5 Å². The lowest BCUT2D eigenvalue weighted by molar-refractivity contribution is -0.117. The second kappa shape index (κ2) is 7.09. The van der Waals surface area contributed by atoms with E-state index >= 15 is 0 Å². The summed E-state index contributed by atoms with van der Waals surface area (Å²) in [4.78, 5) is 19.6. The van der Waals surface area contributed by atoms with E-state index in [4.69, 9.17) is 0 Å². The molecule has 2 aromatic heterocycles. The quantitative estimate of drug-likeness (QED) is 0.552. The van der Waals surface area contributed by atoms with Gasteiger partial charge in [0.1, 0.15) is 17.3 Å². The first-order chi connectivity index (χ1) is 14.4. The maximum Gasteiger partial charge on any atom is 0.235 e. The topological polar surface area (TPSA) is 104 Å². The Kier molecular flexibility index (Phi) is 4.50. The molecule has 1 aromatic carbocycles. The van der Waals surface area contributed by atoms with Crippen LogP contribution < -0.4 is 10.0 Å². The zero-order valence-corrected chi connectivity index (χ0v) is 16.9. The van der Waals surface area contributed by atoms with Crippen molar-refractivity contribution in [2.24, 2.45) is 5.92 Å². The van der Waals surface area contributed by atoms with Crippen LogP contribution in [0.15, 0.2) is 36.5 Å². The predicted molar refractivity (Wildman–Crippen MR) is 113 cm³/mol. The fourth-order valence-electron chi connectivity index (χ4n) is 3.60. The summed E-state index contributed by atoms with van der Waals surface area (Å²) in [5.74, 6) is -0.284. The van der Waals surface area contributed by atoms with Gasteiger partial charge in [0.25, 0.3) is 0 Å². The molecule has 3 aromatic rings. The van der Waals surface area contributed by atoms with Gasteiger partial charge in [0.2, 0.25) is 15.9 Å². The van der Waals surface area contributed by atoms with E-state index < -0.39 is 21.1 Å². The summed E-state index contributed by atoms with van der Waals surface area (Å²) in [5, 5.41) is 3.15. The smallest absolute Gasteiger partial charge is 0.235 e. The summed E-state index contributed by atoms with van der Waals surface area (Å²) in [5.41, 5.74) is 1.77. The van der Waals surface area contributed by atoms with Crippen LogP contribution in [0.3, 0.4) is 0 Å². The van der Waals surface area contributed by atoms with Crippen LogP contribution in [0.5, 0.6) is 0 Å². The van der Waals surface area contributed by atoms with Crippen molar-refractivity contribution in [1.82, 2.24) is 9.97 Å². The number of aromatic amines is 1. The Labute approximate surface area is 173 Å². The summed E-state index contributed by atoms with van der Waals surface area (Å²) >= 11 is 0. The molecule has 9 heteroatoms. The molecule has 2 aliphatic rings. The molecular weight excluding hydrogens is 407 g/mol. The van der Waals surface area contributed by atoms with Crippen LogP contribution in [0.4, 0.5) is 15.9 Å². The number of hydrogen-bond donors (Lipinski definition) is 3. The van der Waals surface area contributed by atoms with Crippen LogP contribution in [0.1, 0.15) is 32.1 Å². The fourth-order valence-corrected chi connectivity index (χ4v) is 5.19. The van der Waals surface area contributed by atoms with Crippen molar-refractivity contribution in [3.05, 3.63) is 42.3 Å². The Morgan fingerprint density at radius 1 is 1.13 bits per heavy atom. The number of sulfonamides is 1. The highest BCUT2D eigenvalue weighted by Gasteiger charge is 2.32. The number of amides is 1. The predicted octanol–water partition coefficient (Wildman–Crippen LogP) is 4.01. The van der Waals surface area contributed by atoms with E-state index in [1.807, 2.05) is 6.07 Å². The van der Waals surface area contributed by atoms with Crippen molar-refractivity contribution in [3.8, 4) is 11.1 Å². The molecule has 0 atom stereocenters. The third kappa shape index (κ3) is 3.54. The number of benzene rings is 1. The molecule has 2 aliphatic carbocycles. The lowest BCUT2D eigenvalue weighted by Gasteiger charge is -2.25. The van der Waals surface area contributed by atoms with Crippen molar-refractivity contribution in [2.75, 3.05) is 10.0 Å². The van der Waals surface area contributed by atoms with Gasteiger partial charge in [-0.25, -0.2) is 17.8 Å². The standard InChI is InChI=1S/C21H21FN4O3S/c22-17-10-13(6-7-18(17)26-30(28,29)14-2-1-3-14)16-11-19(25-21(27)12-4-5-12)24-20-15(16)8-9-23-20/h6-12,14,26H,1-5H2,(H2,23,24,25,27). The van der Waals surface area contributed by atoms with E-state index in [0.717, 1.165) is 24.6 Å². The minimum absolute atomic E-state index is 0.0370. The minimum atomic E-state index is -3.58. The van der Waals surface area contributed by atoms with Gasteiger partial charge < -0.3 is 10.3 Å². The number of rotatable bonds is 6. The van der Waals surface area contributed by atoms with Crippen molar-refractivity contribution < 1.29 is 17.6 Å². The molecule has 0 unspecified atom stereocenters. The molecule has 30 heavy (non-hydrogen) atoms. The van der Waals surface area contributed by atoms with Crippen LogP contribution in [0.25, 0.3) is 22.2 Å². The third-order valence-electron chi connectivity index (χ3n) is 5.75. The number of carbonyl (C=O) groups excluding carboxylic acids is 1. The summed E-state index contributed by atoms with van der Waals surface area (Å²) in [7, 11) is -3.58. The molecule has 0 aliphatic heterocycles. The van der Waals surface area contributed by atoms with Crippen molar-refractivity contribution in [1.29, 1.82) is 0 Å². The highest BCUT2D eigenvalue weighted by Crippen LogP contribution is 2.34. The molecule has 7 nitrogen and oxygen atoms in total. The van der Waals surface area contributed by atoms with Gasteiger partial charge >= 0.3 is 0 Å². The molecule has 2 saturated carbocycles. The number of fused-ring (bicyclic) bond motifs is 1. The van der Waals surface area contributed by atoms with Crippen molar-refractivity contribution in [2.45, 2.75) is 37.4 Å². The van der Waals surface area contributed by atoms with Crippen LogP contribution >= 0.6 is 0 Å². The number of carbonyl (C=O) groups is 1. The number of halogens is 1. The Balaban J connectivity index is 1.48. The van der Waals surface area contributed by atoms with Gasteiger partial charge in [-0.05, 0) is 61.1 Å². The number of pyridine rings is 1. The monoisotopic (exact) mass is 428 g/mol. The van der Waals surface area contributed by atoms with Crippen molar-refractivity contribution in [3.63, 3.8) is 0 Å². The Morgan fingerprint density at radius 2 is 1.93 bits per heavy atom. The van der Waals surface area contributed by atoms with E-state index in [1.54, 1.807) is 18.3 Å².